The second-order valence-electron chi connectivity index (χ2n) is 8.48. The third kappa shape index (κ3) is 7.51. The maximum Gasteiger partial charge on any atom is 0.290 e. The van der Waals surface area contributed by atoms with Crippen LogP contribution in [-0.2, 0) is 14.2 Å². The van der Waals surface area contributed by atoms with Crippen molar-refractivity contribution in [1.29, 1.82) is 0 Å². The average Bonchev–Trinajstić information content (AvgIpc) is 2.85. The van der Waals surface area contributed by atoms with E-state index in [1.807, 2.05) is 20.8 Å². The summed E-state index contributed by atoms with van der Waals surface area (Å²) in [5.74, 6) is -8.08. The molecule has 0 aliphatic heterocycles. The van der Waals surface area contributed by atoms with Crippen molar-refractivity contribution in [1.82, 2.24) is 0 Å². The first-order chi connectivity index (χ1) is 16.8. The highest BCUT2D eigenvalue weighted by molar-refractivity contribution is 5.65. The van der Waals surface area contributed by atoms with Crippen LogP contribution in [0.2, 0.25) is 0 Å². The van der Waals surface area contributed by atoms with Crippen molar-refractivity contribution < 1.29 is 31.8 Å². The summed E-state index contributed by atoms with van der Waals surface area (Å²) in [6.45, 7) is 8.94. The van der Waals surface area contributed by atoms with Crippen LogP contribution in [0, 0.1) is 23.3 Å². The van der Waals surface area contributed by atoms with Crippen LogP contribution in [0.15, 0.2) is 30.3 Å². The van der Waals surface area contributed by atoms with Crippen LogP contribution in [0.25, 0.3) is 11.1 Å². The Bertz CT molecular complexity index is 885. The largest absolute Gasteiger partial charge is 0.327 e. The van der Waals surface area contributed by atoms with Crippen molar-refractivity contribution in [3.05, 3.63) is 59.2 Å². The minimum atomic E-state index is -1.83. The van der Waals surface area contributed by atoms with Gasteiger partial charge < -0.3 is 14.2 Å². The minimum absolute atomic E-state index is 0.234. The minimum Gasteiger partial charge on any atom is -0.327 e. The fourth-order valence-corrected chi connectivity index (χ4v) is 4.38. The van der Waals surface area contributed by atoms with E-state index >= 15 is 0 Å². The zero-order chi connectivity index (χ0) is 25.8. The van der Waals surface area contributed by atoms with Gasteiger partial charge in [-0.25, -0.2) is 17.6 Å². The molecule has 0 aromatic heterocycles. The Morgan fingerprint density at radius 3 is 1.77 bits per heavy atom. The Hall–Kier alpha value is -1.96. The van der Waals surface area contributed by atoms with Crippen LogP contribution in [0.4, 0.5) is 17.6 Å². The Labute approximate surface area is 206 Å². The molecule has 0 bridgehead atoms. The molecule has 2 aromatic carbocycles. The number of ether oxygens (including phenoxy) is 3. The van der Waals surface area contributed by atoms with Crippen LogP contribution in [0.5, 0.6) is 0 Å². The maximum absolute atomic E-state index is 14.3. The van der Waals surface area contributed by atoms with Crippen LogP contribution in [0.1, 0.15) is 84.1 Å². The summed E-state index contributed by atoms with van der Waals surface area (Å²) in [6.07, 6.45) is 7.47. The van der Waals surface area contributed by atoms with Crippen LogP contribution in [-0.4, -0.2) is 25.8 Å². The summed E-state index contributed by atoms with van der Waals surface area (Å²) >= 11 is 0. The lowest BCUT2D eigenvalue weighted by Crippen LogP contribution is -2.45. The van der Waals surface area contributed by atoms with Gasteiger partial charge in [-0.1, -0.05) is 69.7 Å². The first kappa shape index (κ1) is 29.3. The Morgan fingerprint density at radius 1 is 0.686 bits per heavy atom. The summed E-state index contributed by atoms with van der Waals surface area (Å²) in [5, 5.41) is 0. The number of hydrogen-bond acceptors (Lipinski definition) is 3. The monoisotopic (exact) mass is 498 g/mol. The summed E-state index contributed by atoms with van der Waals surface area (Å²) < 4.78 is 73.4. The molecule has 7 heteroatoms. The van der Waals surface area contributed by atoms with Gasteiger partial charge in [-0.15, -0.1) is 0 Å². The number of benzene rings is 2. The molecule has 0 aliphatic rings. The Balaban J connectivity index is 2.39. The molecular weight excluding hydrogens is 460 g/mol. The molecule has 0 heterocycles. The molecule has 3 nitrogen and oxygen atoms in total. The molecule has 0 spiro atoms. The average molecular weight is 499 g/mol. The van der Waals surface area contributed by atoms with Gasteiger partial charge >= 0.3 is 0 Å². The molecule has 0 radical (unpaired) electrons. The van der Waals surface area contributed by atoms with Gasteiger partial charge in [0.15, 0.2) is 23.3 Å². The van der Waals surface area contributed by atoms with Crippen LogP contribution in [0.3, 0.4) is 0 Å². The lowest BCUT2D eigenvalue weighted by Gasteiger charge is -2.39. The van der Waals surface area contributed by atoms with E-state index in [4.69, 9.17) is 14.2 Å². The third-order valence-electron chi connectivity index (χ3n) is 6.04. The van der Waals surface area contributed by atoms with Gasteiger partial charge in [0.2, 0.25) is 0 Å². The molecule has 1 atom stereocenters. The van der Waals surface area contributed by atoms with Gasteiger partial charge in [0.05, 0.1) is 5.92 Å². The van der Waals surface area contributed by atoms with Gasteiger partial charge in [0.25, 0.3) is 5.97 Å². The zero-order valence-corrected chi connectivity index (χ0v) is 21.3. The van der Waals surface area contributed by atoms with E-state index < -0.39 is 29.2 Å². The normalized spacial score (nSPS) is 12.8. The van der Waals surface area contributed by atoms with E-state index in [-0.39, 0.29) is 17.0 Å². The Morgan fingerprint density at radius 2 is 1.23 bits per heavy atom. The van der Waals surface area contributed by atoms with E-state index in [0.29, 0.717) is 25.9 Å². The zero-order valence-electron chi connectivity index (χ0n) is 21.3. The SMILES string of the molecule is CCCCCCCCC(c1ccc(-c2cc(F)c(F)c(F)c2F)cc1)C(OCC)(OCC)OCC. The van der Waals surface area contributed by atoms with E-state index in [0.717, 1.165) is 31.2 Å². The van der Waals surface area contributed by atoms with Crippen molar-refractivity contribution >= 4 is 0 Å². The lowest BCUT2D eigenvalue weighted by molar-refractivity contribution is -0.389. The first-order valence-corrected chi connectivity index (χ1v) is 12.7. The lowest BCUT2D eigenvalue weighted by atomic mass is 9.89. The molecule has 2 aromatic rings. The third-order valence-corrected chi connectivity index (χ3v) is 6.04. The molecule has 0 fully saturated rings. The highest BCUT2D eigenvalue weighted by Gasteiger charge is 2.42. The van der Waals surface area contributed by atoms with Gasteiger partial charge in [0, 0.05) is 25.4 Å². The highest BCUT2D eigenvalue weighted by atomic mass is 19.2. The summed E-state index contributed by atoms with van der Waals surface area (Å²) in [4.78, 5) is 0. The molecule has 2 rings (SSSR count). The van der Waals surface area contributed by atoms with E-state index in [1.54, 1.807) is 24.3 Å². The predicted molar refractivity (Wildman–Crippen MR) is 130 cm³/mol. The van der Waals surface area contributed by atoms with Crippen molar-refractivity contribution in [2.45, 2.75) is 84.5 Å². The fraction of sp³-hybridized carbons (Fsp3) is 0.571. The molecular formula is C28H38F4O3. The second-order valence-corrected chi connectivity index (χ2v) is 8.48. The standard InChI is InChI=1S/C28H38F4O3/c1-5-9-10-11-12-13-14-23(28(33-6-2,34-7-3)35-8-4)21-17-15-20(16-18-21)22-19-24(29)26(31)27(32)25(22)30/h15-19,23H,5-14H2,1-4H3. The number of hydrogen-bond donors (Lipinski definition) is 0. The number of unbranched alkanes of at least 4 members (excludes halogenated alkanes) is 5. The predicted octanol–water partition coefficient (Wildman–Crippen LogP) is 8.51. The molecule has 196 valence electrons. The fourth-order valence-electron chi connectivity index (χ4n) is 4.38. The van der Waals surface area contributed by atoms with Gasteiger partial charge in [0.1, 0.15) is 0 Å². The van der Waals surface area contributed by atoms with Crippen molar-refractivity contribution in [3.8, 4) is 11.1 Å². The Kier molecular flexibility index (Phi) is 12.2. The van der Waals surface area contributed by atoms with Gasteiger partial charge in [-0.05, 0) is 44.4 Å². The van der Waals surface area contributed by atoms with Crippen molar-refractivity contribution in [3.63, 3.8) is 0 Å². The quantitative estimate of drug-likeness (QED) is 0.0763. The highest BCUT2D eigenvalue weighted by Crippen LogP contribution is 2.39. The van der Waals surface area contributed by atoms with Crippen LogP contribution >= 0.6 is 0 Å². The topological polar surface area (TPSA) is 27.7 Å². The molecule has 0 saturated carbocycles. The van der Waals surface area contributed by atoms with E-state index in [2.05, 4.69) is 6.92 Å². The van der Waals surface area contributed by atoms with Gasteiger partial charge in [-0.2, -0.15) is 0 Å². The van der Waals surface area contributed by atoms with Crippen LogP contribution < -0.4 is 0 Å². The van der Waals surface area contributed by atoms with Crippen molar-refractivity contribution in [2.24, 2.45) is 0 Å². The van der Waals surface area contributed by atoms with Gasteiger partial charge in [-0.3, -0.25) is 0 Å². The molecule has 0 aliphatic carbocycles. The smallest absolute Gasteiger partial charge is 0.290 e. The molecule has 0 saturated heterocycles. The number of halogens is 4. The van der Waals surface area contributed by atoms with E-state index in [1.165, 1.54) is 19.3 Å². The second kappa shape index (κ2) is 14.6. The number of rotatable bonds is 16. The van der Waals surface area contributed by atoms with E-state index in [9.17, 15) is 17.6 Å². The summed E-state index contributed by atoms with van der Waals surface area (Å²) in [6, 6.07) is 7.30. The first-order valence-electron chi connectivity index (χ1n) is 12.7. The maximum atomic E-state index is 14.3. The summed E-state index contributed by atoms with van der Waals surface area (Å²) in [5.41, 5.74) is 0.726. The molecule has 0 amide bonds. The van der Waals surface area contributed by atoms with Crippen molar-refractivity contribution in [2.75, 3.05) is 19.8 Å². The molecule has 35 heavy (non-hydrogen) atoms. The molecule has 0 N–H and O–H groups in total. The summed E-state index contributed by atoms with van der Waals surface area (Å²) in [7, 11) is 0. The molecule has 1 unspecified atom stereocenters.